The molecule has 2 aromatic rings. The highest BCUT2D eigenvalue weighted by atomic mass is 16.6. The molecule has 0 fully saturated rings. The van der Waals surface area contributed by atoms with E-state index in [1.54, 1.807) is 38.3 Å². The second-order valence-corrected chi connectivity index (χ2v) is 4.35. The average Bonchev–Trinajstić information content (AvgIpc) is 2.46. The Morgan fingerprint density at radius 1 is 1.38 bits per heavy atom. The maximum Gasteiger partial charge on any atom is 0.316 e. The summed E-state index contributed by atoms with van der Waals surface area (Å²) in [6, 6.07) is 7.01. The molecule has 0 aliphatic heterocycles. The third-order valence-electron chi connectivity index (χ3n) is 2.92. The Hall–Kier alpha value is -2.70. The highest BCUT2D eigenvalue weighted by molar-refractivity contribution is 5.72. The Labute approximate surface area is 122 Å². The molecule has 1 N–H and O–H groups in total. The zero-order chi connectivity index (χ0) is 15.4. The van der Waals surface area contributed by atoms with Gasteiger partial charge in [0.05, 0.1) is 12.0 Å². The van der Waals surface area contributed by atoms with Crippen LogP contribution in [-0.4, -0.2) is 28.5 Å². The number of ether oxygens (including phenoxy) is 1. The van der Waals surface area contributed by atoms with Crippen LogP contribution in [0.5, 0.6) is 5.75 Å². The maximum absolute atomic E-state index is 11.3. The van der Waals surface area contributed by atoms with Gasteiger partial charge in [-0.05, 0) is 26.0 Å². The fourth-order valence-electron chi connectivity index (χ4n) is 1.99. The van der Waals surface area contributed by atoms with Gasteiger partial charge in [-0.15, -0.1) is 0 Å². The van der Waals surface area contributed by atoms with Crippen molar-refractivity contribution in [2.45, 2.75) is 13.8 Å². The van der Waals surface area contributed by atoms with Crippen LogP contribution < -0.4 is 10.1 Å². The van der Waals surface area contributed by atoms with Crippen LogP contribution in [0.4, 0.5) is 11.6 Å². The van der Waals surface area contributed by atoms with Crippen LogP contribution in [0.3, 0.4) is 0 Å². The lowest BCUT2D eigenvalue weighted by atomic mass is 10.1. The molecule has 0 saturated heterocycles. The number of methoxy groups -OCH3 is 1. The minimum absolute atomic E-state index is 0.0927. The number of hydrogen-bond donors (Lipinski definition) is 1. The molecule has 21 heavy (non-hydrogen) atoms. The summed E-state index contributed by atoms with van der Waals surface area (Å²) in [4.78, 5) is 19.2. The molecule has 7 nitrogen and oxygen atoms in total. The van der Waals surface area contributed by atoms with Crippen molar-refractivity contribution < 1.29 is 9.66 Å². The average molecular weight is 288 g/mol. The van der Waals surface area contributed by atoms with Gasteiger partial charge in [-0.2, -0.15) is 0 Å². The molecule has 0 amide bonds. The highest BCUT2D eigenvalue weighted by Crippen LogP contribution is 2.32. The number of aromatic nitrogens is 2. The van der Waals surface area contributed by atoms with E-state index in [4.69, 9.17) is 4.74 Å². The largest absolute Gasteiger partial charge is 0.497 e. The van der Waals surface area contributed by atoms with E-state index in [9.17, 15) is 10.1 Å². The molecule has 0 aliphatic rings. The summed E-state index contributed by atoms with van der Waals surface area (Å²) in [5, 5.41) is 14.3. The summed E-state index contributed by atoms with van der Waals surface area (Å²) in [5.41, 5.74) is 1.13. The Morgan fingerprint density at radius 3 is 2.76 bits per heavy atom. The Balaban J connectivity index is 2.65. The minimum atomic E-state index is -0.458. The molecule has 0 unspecified atom stereocenters. The van der Waals surface area contributed by atoms with Gasteiger partial charge in [-0.25, -0.2) is 9.97 Å². The summed E-state index contributed by atoms with van der Waals surface area (Å²) < 4.78 is 5.16. The molecular weight excluding hydrogens is 272 g/mol. The minimum Gasteiger partial charge on any atom is -0.497 e. The number of hydrogen-bond acceptors (Lipinski definition) is 6. The van der Waals surface area contributed by atoms with E-state index in [0.29, 0.717) is 29.5 Å². The number of aryl methyl sites for hydroxylation is 1. The third-order valence-corrected chi connectivity index (χ3v) is 2.92. The van der Waals surface area contributed by atoms with Crippen molar-refractivity contribution in [3.05, 3.63) is 40.1 Å². The van der Waals surface area contributed by atoms with E-state index in [0.717, 1.165) is 0 Å². The van der Waals surface area contributed by atoms with E-state index in [-0.39, 0.29) is 11.4 Å². The van der Waals surface area contributed by atoms with Gasteiger partial charge >= 0.3 is 5.69 Å². The number of nitrogens with one attached hydrogen (secondary N) is 1. The lowest BCUT2D eigenvalue weighted by Crippen LogP contribution is -2.07. The van der Waals surface area contributed by atoms with Crippen LogP contribution in [0.15, 0.2) is 24.3 Å². The Morgan fingerprint density at radius 2 is 2.14 bits per heavy atom. The lowest BCUT2D eigenvalue weighted by Gasteiger charge is -2.09. The molecule has 0 bridgehead atoms. The van der Waals surface area contributed by atoms with Crippen LogP contribution in [0.2, 0.25) is 0 Å². The quantitative estimate of drug-likeness (QED) is 0.672. The molecule has 0 atom stereocenters. The molecule has 110 valence electrons. The predicted molar refractivity (Wildman–Crippen MR) is 79.6 cm³/mol. The fourth-order valence-corrected chi connectivity index (χ4v) is 1.99. The SMILES string of the molecule is CCNc1nc(C)c([N+](=O)[O-])c(-c2cccc(OC)c2)n1. The summed E-state index contributed by atoms with van der Waals surface area (Å²) in [7, 11) is 1.54. The summed E-state index contributed by atoms with van der Waals surface area (Å²) >= 11 is 0. The van der Waals surface area contributed by atoms with Crippen molar-refractivity contribution in [2.24, 2.45) is 0 Å². The number of nitrogens with zero attached hydrogens (tertiary/aromatic N) is 3. The van der Waals surface area contributed by atoms with Gasteiger partial charge in [0, 0.05) is 12.1 Å². The van der Waals surface area contributed by atoms with E-state index in [1.807, 2.05) is 6.92 Å². The Bertz CT molecular complexity index is 673. The molecule has 0 radical (unpaired) electrons. The number of rotatable bonds is 5. The van der Waals surface area contributed by atoms with Crippen molar-refractivity contribution in [1.82, 2.24) is 9.97 Å². The van der Waals surface area contributed by atoms with E-state index in [2.05, 4.69) is 15.3 Å². The molecule has 1 aromatic heterocycles. The van der Waals surface area contributed by atoms with E-state index in [1.165, 1.54) is 0 Å². The molecule has 0 spiro atoms. The molecule has 0 aliphatic carbocycles. The Kier molecular flexibility index (Phi) is 4.32. The van der Waals surface area contributed by atoms with Crippen LogP contribution in [0, 0.1) is 17.0 Å². The number of benzene rings is 1. The van der Waals surface area contributed by atoms with Gasteiger partial charge < -0.3 is 10.1 Å². The predicted octanol–water partition coefficient (Wildman–Crippen LogP) is 2.80. The van der Waals surface area contributed by atoms with Gasteiger partial charge in [-0.3, -0.25) is 10.1 Å². The van der Waals surface area contributed by atoms with Crippen molar-refractivity contribution in [3.63, 3.8) is 0 Å². The molecule has 2 rings (SSSR count). The number of nitro groups is 1. The number of anilines is 1. The van der Waals surface area contributed by atoms with Gasteiger partial charge in [0.25, 0.3) is 0 Å². The fraction of sp³-hybridized carbons (Fsp3) is 0.286. The maximum atomic E-state index is 11.3. The first-order valence-corrected chi connectivity index (χ1v) is 6.48. The second kappa shape index (κ2) is 6.17. The lowest BCUT2D eigenvalue weighted by molar-refractivity contribution is -0.385. The van der Waals surface area contributed by atoms with Gasteiger partial charge in [0.15, 0.2) is 5.69 Å². The van der Waals surface area contributed by atoms with Gasteiger partial charge in [0.1, 0.15) is 11.4 Å². The van der Waals surface area contributed by atoms with Gasteiger partial charge in [-0.1, -0.05) is 12.1 Å². The highest BCUT2D eigenvalue weighted by Gasteiger charge is 2.23. The smallest absolute Gasteiger partial charge is 0.316 e. The summed E-state index contributed by atoms with van der Waals surface area (Å²) in [6.07, 6.45) is 0. The molecule has 1 aromatic carbocycles. The van der Waals surface area contributed by atoms with Crippen LogP contribution in [-0.2, 0) is 0 Å². The zero-order valence-electron chi connectivity index (χ0n) is 12.1. The van der Waals surface area contributed by atoms with Gasteiger partial charge in [0.2, 0.25) is 5.95 Å². The summed E-state index contributed by atoms with van der Waals surface area (Å²) in [5.74, 6) is 0.987. The first-order valence-electron chi connectivity index (χ1n) is 6.48. The topological polar surface area (TPSA) is 90.2 Å². The van der Waals surface area contributed by atoms with Crippen molar-refractivity contribution in [1.29, 1.82) is 0 Å². The normalized spacial score (nSPS) is 10.2. The van der Waals surface area contributed by atoms with Crippen LogP contribution >= 0.6 is 0 Å². The molecule has 1 heterocycles. The van der Waals surface area contributed by atoms with Crippen molar-refractivity contribution in [2.75, 3.05) is 19.0 Å². The molecule has 7 heteroatoms. The molecule has 0 saturated carbocycles. The first kappa shape index (κ1) is 14.7. The van der Waals surface area contributed by atoms with E-state index < -0.39 is 4.92 Å². The first-order chi connectivity index (χ1) is 10.1. The van der Waals surface area contributed by atoms with Crippen molar-refractivity contribution in [3.8, 4) is 17.0 Å². The molecular formula is C14H16N4O3. The third kappa shape index (κ3) is 3.07. The standard InChI is InChI=1S/C14H16N4O3/c1-4-15-14-16-9(2)13(18(19)20)12(17-14)10-6-5-7-11(8-10)21-3/h5-8H,4H2,1-3H3,(H,15,16,17). The zero-order valence-corrected chi connectivity index (χ0v) is 12.1. The monoisotopic (exact) mass is 288 g/mol. The summed E-state index contributed by atoms with van der Waals surface area (Å²) in [6.45, 7) is 4.14. The van der Waals surface area contributed by atoms with Crippen LogP contribution in [0.1, 0.15) is 12.6 Å². The van der Waals surface area contributed by atoms with Crippen molar-refractivity contribution >= 4 is 11.6 Å². The van der Waals surface area contributed by atoms with Crippen LogP contribution in [0.25, 0.3) is 11.3 Å². The van der Waals surface area contributed by atoms with E-state index >= 15 is 0 Å². The second-order valence-electron chi connectivity index (χ2n) is 4.35.